The molecule has 3 heterocycles. The molecule has 1 aliphatic rings. The molecule has 0 radical (unpaired) electrons. The number of fused-ring (bicyclic) bond motifs is 3. The fraction of sp³-hybridized carbons (Fsp3) is 0.286. The minimum absolute atomic E-state index is 0.113. The highest BCUT2D eigenvalue weighted by molar-refractivity contribution is 7.98. The molecule has 1 aliphatic heterocycles. The molecule has 2 aromatic heterocycles. The number of hydrogen-bond acceptors (Lipinski definition) is 5. The first-order valence-electron chi connectivity index (χ1n) is 9.03. The molecular formula is C21H19ClN2O3S. The van der Waals surface area contributed by atoms with E-state index in [2.05, 4.69) is 4.98 Å². The van der Waals surface area contributed by atoms with Crippen LogP contribution in [-0.2, 0) is 16.1 Å². The number of carbonyl (C=O) groups is 2. The number of rotatable bonds is 4. The number of carbonyl (C=O) groups excluding carboxylic acids is 2. The van der Waals surface area contributed by atoms with Gasteiger partial charge in [0, 0.05) is 40.5 Å². The number of hydrogen-bond donors (Lipinski definition) is 0. The number of pyridine rings is 1. The smallest absolute Gasteiger partial charge is 0.303 e. The van der Waals surface area contributed by atoms with Gasteiger partial charge in [-0.2, -0.15) is 0 Å². The van der Waals surface area contributed by atoms with E-state index in [-0.39, 0.29) is 11.8 Å². The second-order valence-electron chi connectivity index (χ2n) is 6.70. The van der Waals surface area contributed by atoms with Crippen molar-refractivity contribution in [2.45, 2.75) is 37.3 Å². The van der Waals surface area contributed by atoms with E-state index in [1.54, 1.807) is 42.2 Å². The average Bonchev–Trinajstić information content (AvgIpc) is 3.03. The molecule has 1 aromatic carbocycles. The van der Waals surface area contributed by atoms with Crippen molar-refractivity contribution in [3.8, 4) is 0 Å². The summed E-state index contributed by atoms with van der Waals surface area (Å²) in [5.41, 5.74) is 2.62. The lowest BCUT2D eigenvalue weighted by molar-refractivity contribution is -0.147. The van der Waals surface area contributed by atoms with Crippen LogP contribution in [0.2, 0.25) is 5.02 Å². The fourth-order valence-corrected chi connectivity index (χ4v) is 4.56. The Morgan fingerprint density at radius 1 is 1.25 bits per heavy atom. The van der Waals surface area contributed by atoms with E-state index in [1.165, 1.54) is 6.92 Å². The molecule has 144 valence electrons. The molecule has 0 saturated heterocycles. The minimum atomic E-state index is -0.457. The zero-order valence-corrected chi connectivity index (χ0v) is 17.1. The number of aryl methyl sites for hydroxylation is 1. The van der Waals surface area contributed by atoms with Crippen molar-refractivity contribution in [3.63, 3.8) is 0 Å². The Balaban J connectivity index is 2.01. The predicted molar refractivity (Wildman–Crippen MR) is 110 cm³/mol. The maximum Gasteiger partial charge on any atom is 0.303 e. The summed E-state index contributed by atoms with van der Waals surface area (Å²) < 4.78 is 7.64. The Bertz CT molecular complexity index is 1080. The van der Waals surface area contributed by atoms with E-state index >= 15 is 0 Å². The fourth-order valence-electron chi connectivity index (χ4n) is 3.84. The molecule has 0 fully saturated rings. The van der Waals surface area contributed by atoms with Crippen molar-refractivity contribution in [1.82, 2.24) is 9.55 Å². The summed E-state index contributed by atoms with van der Waals surface area (Å²) in [5, 5.41) is 1.40. The zero-order chi connectivity index (χ0) is 19.8. The van der Waals surface area contributed by atoms with E-state index < -0.39 is 6.10 Å². The molecule has 0 bridgehead atoms. The maximum atomic E-state index is 13.6. The summed E-state index contributed by atoms with van der Waals surface area (Å²) in [5.74, 6) is -0.468. The molecule has 3 aromatic rings. The summed E-state index contributed by atoms with van der Waals surface area (Å²) in [7, 11) is 0. The summed E-state index contributed by atoms with van der Waals surface area (Å²) in [6.07, 6.45) is 4.82. The summed E-state index contributed by atoms with van der Waals surface area (Å²) in [6, 6.07) is 8.77. The van der Waals surface area contributed by atoms with Crippen molar-refractivity contribution in [1.29, 1.82) is 0 Å². The monoisotopic (exact) mass is 414 g/mol. The number of halogens is 1. The standard InChI is InChI=1S/C21H19ClN2O3S/c1-12(25)27-15-4-3-11-24-19(15)18(17-16(28-2)9-10-23-21(17)24)20(26)13-5-7-14(22)8-6-13/h5-10,15H,3-4,11H2,1-2H3. The Hall–Kier alpha value is -2.31. The van der Waals surface area contributed by atoms with Crippen molar-refractivity contribution in [2.75, 3.05) is 6.26 Å². The van der Waals surface area contributed by atoms with Gasteiger partial charge in [-0.15, -0.1) is 11.8 Å². The van der Waals surface area contributed by atoms with Crippen molar-refractivity contribution >= 4 is 46.1 Å². The molecule has 7 heteroatoms. The molecule has 0 spiro atoms. The van der Waals surface area contributed by atoms with Crippen LogP contribution in [-0.4, -0.2) is 27.6 Å². The van der Waals surface area contributed by atoms with Gasteiger partial charge < -0.3 is 9.30 Å². The quantitative estimate of drug-likeness (QED) is 0.340. The number of nitrogens with zero attached hydrogens (tertiary/aromatic N) is 2. The largest absolute Gasteiger partial charge is 0.456 e. The SMILES string of the molecule is CSc1ccnc2c1c(C(=O)c1ccc(Cl)cc1)c1n2CCCC1OC(C)=O. The van der Waals surface area contributed by atoms with E-state index in [4.69, 9.17) is 16.3 Å². The van der Waals surface area contributed by atoms with Crippen LogP contribution in [0.25, 0.3) is 11.0 Å². The van der Waals surface area contributed by atoms with Crippen LogP contribution in [0.1, 0.15) is 47.5 Å². The third kappa shape index (κ3) is 3.20. The van der Waals surface area contributed by atoms with Gasteiger partial charge in [0.05, 0.1) is 11.3 Å². The van der Waals surface area contributed by atoms with Crippen LogP contribution < -0.4 is 0 Å². The molecule has 1 unspecified atom stereocenters. The van der Waals surface area contributed by atoms with Gasteiger partial charge in [0.15, 0.2) is 5.78 Å². The number of ketones is 1. The van der Waals surface area contributed by atoms with Gasteiger partial charge in [-0.3, -0.25) is 9.59 Å². The van der Waals surface area contributed by atoms with Crippen molar-refractivity contribution in [3.05, 3.63) is 58.4 Å². The molecule has 28 heavy (non-hydrogen) atoms. The van der Waals surface area contributed by atoms with E-state index in [0.717, 1.165) is 34.6 Å². The van der Waals surface area contributed by atoms with Gasteiger partial charge in [0.2, 0.25) is 0 Å². The topological polar surface area (TPSA) is 61.2 Å². The van der Waals surface area contributed by atoms with Gasteiger partial charge >= 0.3 is 5.97 Å². The molecule has 0 amide bonds. The molecule has 5 nitrogen and oxygen atoms in total. The molecular weight excluding hydrogens is 396 g/mol. The predicted octanol–water partition coefficient (Wildman–Crippen LogP) is 5.04. The zero-order valence-electron chi connectivity index (χ0n) is 15.6. The molecule has 0 aliphatic carbocycles. The first-order chi connectivity index (χ1) is 13.5. The average molecular weight is 415 g/mol. The van der Waals surface area contributed by atoms with Gasteiger partial charge in [-0.25, -0.2) is 4.98 Å². The van der Waals surface area contributed by atoms with E-state index in [1.807, 2.05) is 16.9 Å². The second-order valence-corrected chi connectivity index (χ2v) is 7.98. The van der Waals surface area contributed by atoms with Gasteiger partial charge in [0.25, 0.3) is 0 Å². The minimum Gasteiger partial charge on any atom is -0.456 e. The Kier molecular flexibility index (Phi) is 5.17. The second kappa shape index (κ2) is 7.60. The van der Waals surface area contributed by atoms with Crippen LogP contribution in [0.5, 0.6) is 0 Å². The molecule has 4 rings (SSSR count). The number of thioether (sulfide) groups is 1. The Labute approximate surface area is 172 Å². The first-order valence-corrected chi connectivity index (χ1v) is 10.6. The number of ether oxygens (including phenoxy) is 1. The highest BCUT2D eigenvalue weighted by Gasteiger charge is 2.34. The highest BCUT2D eigenvalue weighted by atomic mass is 35.5. The summed E-state index contributed by atoms with van der Waals surface area (Å²) in [4.78, 5) is 30.8. The van der Waals surface area contributed by atoms with E-state index in [0.29, 0.717) is 22.6 Å². The lowest BCUT2D eigenvalue weighted by Crippen LogP contribution is -2.21. The number of benzene rings is 1. The van der Waals surface area contributed by atoms with Crippen LogP contribution in [0.15, 0.2) is 41.4 Å². The maximum absolute atomic E-state index is 13.6. The summed E-state index contributed by atoms with van der Waals surface area (Å²) >= 11 is 7.57. The van der Waals surface area contributed by atoms with Crippen LogP contribution >= 0.6 is 23.4 Å². The summed E-state index contributed by atoms with van der Waals surface area (Å²) in [6.45, 7) is 2.14. The number of esters is 1. The van der Waals surface area contributed by atoms with Gasteiger partial charge in [0.1, 0.15) is 11.8 Å². The van der Waals surface area contributed by atoms with Crippen LogP contribution in [0.4, 0.5) is 0 Å². The van der Waals surface area contributed by atoms with Crippen molar-refractivity contribution in [2.24, 2.45) is 0 Å². The first kappa shape index (κ1) is 19.0. The third-order valence-electron chi connectivity index (χ3n) is 4.96. The highest BCUT2D eigenvalue weighted by Crippen LogP contribution is 2.41. The lowest BCUT2D eigenvalue weighted by atomic mass is 9.96. The van der Waals surface area contributed by atoms with E-state index in [9.17, 15) is 9.59 Å². The Morgan fingerprint density at radius 2 is 2.00 bits per heavy atom. The van der Waals surface area contributed by atoms with Gasteiger partial charge in [-0.1, -0.05) is 11.6 Å². The molecule has 0 saturated carbocycles. The van der Waals surface area contributed by atoms with Crippen LogP contribution in [0, 0.1) is 0 Å². The molecule has 0 N–H and O–H groups in total. The Morgan fingerprint density at radius 3 is 2.68 bits per heavy atom. The molecule has 1 atom stereocenters. The normalized spacial score (nSPS) is 16.0. The third-order valence-corrected chi connectivity index (χ3v) is 5.99. The van der Waals surface area contributed by atoms with Crippen LogP contribution in [0.3, 0.4) is 0 Å². The lowest BCUT2D eigenvalue weighted by Gasteiger charge is -2.25. The number of aromatic nitrogens is 2. The van der Waals surface area contributed by atoms with Crippen molar-refractivity contribution < 1.29 is 14.3 Å². The van der Waals surface area contributed by atoms with Gasteiger partial charge in [-0.05, 0) is 49.4 Å².